The number of carbonyl (C=O) groups excluding carboxylic acids is 1. The summed E-state index contributed by atoms with van der Waals surface area (Å²) < 4.78 is 0. The average Bonchev–Trinajstić information content (AvgIpc) is 2.41. The van der Waals surface area contributed by atoms with Crippen molar-refractivity contribution >= 4 is 5.91 Å². The van der Waals surface area contributed by atoms with Crippen molar-refractivity contribution in [2.75, 3.05) is 19.6 Å². The van der Waals surface area contributed by atoms with Crippen molar-refractivity contribution in [1.82, 2.24) is 9.80 Å². The highest BCUT2D eigenvalue weighted by molar-refractivity contribution is 5.77. The Bertz CT molecular complexity index is 386. The van der Waals surface area contributed by atoms with Crippen LogP contribution in [0.25, 0.3) is 0 Å². The number of hydrogen-bond acceptors (Lipinski definition) is 3. The summed E-state index contributed by atoms with van der Waals surface area (Å²) in [5.74, 6) is 1.68. The Kier molecular flexibility index (Phi) is 2.85. The topological polar surface area (TPSA) is 43.8 Å². The summed E-state index contributed by atoms with van der Waals surface area (Å²) in [6, 6.07) is 1.04. The Morgan fingerprint density at radius 1 is 1.05 bits per heavy atom. The molecule has 4 aliphatic rings. The van der Waals surface area contributed by atoms with E-state index in [1.165, 1.54) is 12.8 Å². The molecule has 0 unspecified atom stereocenters. The number of fused-ring (bicyclic) bond motifs is 6. The Morgan fingerprint density at radius 2 is 1.89 bits per heavy atom. The van der Waals surface area contributed by atoms with E-state index >= 15 is 0 Å². The number of piperidine rings is 4. The molecule has 0 aromatic carbocycles. The molecule has 4 heteroatoms. The van der Waals surface area contributed by atoms with Crippen LogP contribution in [0.4, 0.5) is 0 Å². The Balaban J connectivity index is 1.58. The van der Waals surface area contributed by atoms with Gasteiger partial charge in [0.1, 0.15) is 0 Å². The molecule has 4 fully saturated rings. The van der Waals surface area contributed by atoms with Crippen LogP contribution in [-0.2, 0) is 4.79 Å². The second-order valence-corrected chi connectivity index (χ2v) is 7.00. The lowest BCUT2D eigenvalue weighted by molar-refractivity contribution is -0.150. The van der Waals surface area contributed by atoms with Crippen LogP contribution in [-0.4, -0.2) is 58.6 Å². The molecule has 2 bridgehead atoms. The van der Waals surface area contributed by atoms with Gasteiger partial charge in [-0.2, -0.15) is 0 Å². The predicted molar refractivity (Wildman–Crippen MR) is 71.6 cm³/mol. The molecule has 4 rings (SSSR count). The van der Waals surface area contributed by atoms with Crippen molar-refractivity contribution in [3.8, 4) is 0 Å². The first kappa shape index (κ1) is 12.2. The van der Waals surface area contributed by atoms with Gasteiger partial charge >= 0.3 is 0 Å². The van der Waals surface area contributed by atoms with Crippen molar-refractivity contribution in [2.24, 2.45) is 11.8 Å². The zero-order valence-electron chi connectivity index (χ0n) is 11.5. The highest BCUT2D eigenvalue weighted by Gasteiger charge is 2.48. The molecule has 1 N–H and O–H groups in total. The molecule has 0 radical (unpaired) electrons. The molecule has 0 aromatic heterocycles. The van der Waals surface area contributed by atoms with Gasteiger partial charge in [0.2, 0.25) is 5.91 Å². The normalized spacial score (nSPS) is 46.7. The van der Waals surface area contributed by atoms with Gasteiger partial charge < -0.3 is 10.0 Å². The van der Waals surface area contributed by atoms with Crippen LogP contribution < -0.4 is 0 Å². The minimum absolute atomic E-state index is 0.118. The maximum atomic E-state index is 12.1. The van der Waals surface area contributed by atoms with Gasteiger partial charge in [0, 0.05) is 38.1 Å². The molecule has 19 heavy (non-hydrogen) atoms. The molecule has 4 nitrogen and oxygen atoms in total. The SMILES string of the molecule is O=C1CCC[C@H]2[C@@H]3C[C@@H](CN12)[C@@H]1C[C@H](O)CCN1C3. The zero-order valence-corrected chi connectivity index (χ0v) is 11.5. The van der Waals surface area contributed by atoms with Gasteiger partial charge in [-0.25, -0.2) is 0 Å². The fourth-order valence-corrected chi connectivity index (χ4v) is 5.07. The summed E-state index contributed by atoms with van der Waals surface area (Å²) in [4.78, 5) is 17.0. The molecule has 0 spiro atoms. The summed E-state index contributed by atoms with van der Waals surface area (Å²) in [6.07, 6.45) is 6.07. The molecule has 0 aromatic rings. The van der Waals surface area contributed by atoms with Crippen LogP contribution in [0.5, 0.6) is 0 Å². The standard InChI is InChI=1S/C15H24N2O2/c18-12-4-5-16-8-10-6-11(14(16)7-12)9-17-13(10)2-1-3-15(17)19/h10-14,18H,1-9H2/t10-,11+,12-,13+,14+/m1/s1. The summed E-state index contributed by atoms with van der Waals surface area (Å²) in [5, 5.41) is 9.92. The molecule has 4 saturated heterocycles. The summed E-state index contributed by atoms with van der Waals surface area (Å²) in [7, 11) is 0. The van der Waals surface area contributed by atoms with Gasteiger partial charge in [0.15, 0.2) is 0 Å². The van der Waals surface area contributed by atoms with Gasteiger partial charge in [-0.05, 0) is 43.9 Å². The highest BCUT2D eigenvalue weighted by atomic mass is 16.3. The molecule has 0 aliphatic carbocycles. The van der Waals surface area contributed by atoms with E-state index in [9.17, 15) is 9.90 Å². The van der Waals surface area contributed by atoms with Gasteiger partial charge in [0.05, 0.1) is 6.10 Å². The second-order valence-electron chi connectivity index (χ2n) is 7.00. The van der Waals surface area contributed by atoms with Crippen molar-refractivity contribution < 1.29 is 9.90 Å². The van der Waals surface area contributed by atoms with Crippen molar-refractivity contribution in [1.29, 1.82) is 0 Å². The van der Waals surface area contributed by atoms with Crippen molar-refractivity contribution in [3.63, 3.8) is 0 Å². The van der Waals surface area contributed by atoms with E-state index in [0.717, 1.165) is 45.3 Å². The van der Waals surface area contributed by atoms with Crippen LogP contribution in [0.15, 0.2) is 0 Å². The van der Waals surface area contributed by atoms with Gasteiger partial charge in [0.25, 0.3) is 0 Å². The molecule has 4 heterocycles. The van der Waals surface area contributed by atoms with Crippen LogP contribution in [0.1, 0.15) is 38.5 Å². The van der Waals surface area contributed by atoms with E-state index in [1.807, 2.05) is 0 Å². The second kappa shape index (κ2) is 4.45. The minimum atomic E-state index is -0.118. The summed E-state index contributed by atoms with van der Waals surface area (Å²) in [5.41, 5.74) is 0. The third-order valence-corrected chi connectivity index (χ3v) is 5.94. The zero-order chi connectivity index (χ0) is 13.0. The molecular formula is C15H24N2O2. The monoisotopic (exact) mass is 264 g/mol. The molecule has 5 atom stereocenters. The largest absolute Gasteiger partial charge is 0.393 e. The number of aliphatic hydroxyl groups is 1. The number of hydrogen-bond donors (Lipinski definition) is 1. The van der Waals surface area contributed by atoms with Gasteiger partial charge in [-0.1, -0.05) is 0 Å². The molecule has 0 saturated carbocycles. The first-order chi connectivity index (χ1) is 9.22. The minimum Gasteiger partial charge on any atom is -0.393 e. The smallest absolute Gasteiger partial charge is 0.222 e. The van der Waals surface area contributed by atoms with E-state index in [-0.39, 0.29) is 6.10 Å². The highest BCUT2D eigenvalue weighted by Crippen LogP contribution is 2.42. The number of rotatable bonds is 0. The predicted octanol–water partition coefficient (Wildman–Crippen LogP) is 0.843. The van der Waals surface area contributed by atoms with Crippen LogP contribution in [0, 0.1) is 11.8 Å². The van der Waals surface area contributed by atoms with Crippen LogP contribution in [0.2, 0.25) is 0 Å². The number of nitrogens with zero attached hydrogens (tertiary/aromatic N) is 2. The van der Waals surface area contributed by atoms with E-state index < -0.39 is 0 Å². The first-order valence-corrected chi connectivity index (χ1v) is 7.94. The van der Waals surface area contributed by atoms with Gasteiger partial charge in [-0.15, -0.1) is 0 Å². The summed E-state index contributed by atoms with van der Waals surface area (Å²) in [6.45, 7) is 3.16. The number of amides is 1. The average molecular weight is 264 g/mol. The lowest BCUT2D eigenvalue weighted by Crippen LogP contribution is -2.65. The quantitative estimate of drug-likeness (QED) is 0.705. The maximum Gasteiger partial charge on any atom is 0.222 e. The number of carbonyl (C=O) groups is 1. The van der Waals surface area contributed by atoms with Crippen LogP contribution >= 0.6 is 0 Å². The van der Waals surface area contributed by atoms with E-state index in [4.69, 9.17) is 0 Å². The molecule has 4 aliphatic heterocycles. The lowest BCUT2D eigenvalue weighted by Gasteiger charge is -2.57. The van der Waals surface area contributed by atoms with E-state index in [0.29, 0.717) is 29.8 Å². The van der Waals surface area contributed by atoms with Crippen LogP contribution in [0.3, 0.4) is 0 Å². The molecule has 106 valence electrons. The first-order valence-electron chi connectivity index (χ1n) is 7.94. The third kappa shape index (κ3) is 1.91. The Labute approximate surface area is 114 Å². The molecule has 1 amide bonds. The van der Waals surface area contributed by atoms with E-state index in [2.05, 4.69) is 9.80 Å². The van der Waals surface area contributed by atoms with Crippen molar-refractivity contribution in [2.45, 2.75) is 56.7 Å². The fourth-order valence-electron chi connectivity index (χ4n) is 5.07. The Morgan fingerprint density at radius 3 is 2.79 bits per heavy atom. The van der Waals surface area contributed by atoms with Gasteiger partial charge in [-0.3, -0.25) is 9.69 Å². The maximum absolute atomic E-state index is 12.1. The van der Waals surface area contributed by atoms with Crippen molar-refractivity contribution in [3.05, 3.63) is 0 Å². The molecular weight excluding hydrogens is 240 g/mol. The fraction of sp³-hybridized carbons (Fsp3) is 0.933. The number of aliphatic hydroxyl groups excluding tert-OH is 1. The summed E-state index contributed by atoms with van der Waals surface area (Å²) >= 11 is 0. The third-order valence-electron chi connectivity index (χ3n) is 5.94. The Hall–Kier alpha value is -0.610. The lowest BCUT2D eigenvalue weighted by atomic mass is 9.70. The van der Waals surface area contributed by atoms with E-state index in [1.54, 1.807) is 0 Å².